The number of allylic oxidation sites excluding steroid dienone is 2. The van der Waals surface area contributed by atoms with Gasteiger partial charge < -0.3 is 4.74 Å². The SMILES string of the molecule is CC=CCC(CC=CC)OC1CCCC1. The molecule has 0 saturated heterocycles. The Morgan fingerprint density at radius 1 is 1.07 bits per heavy atom. The molecule has 0 aromatic rings. The Balaban J connectivity index is 2.32. The molecule has 1 aliphatic rings. The molecule has 1 fully saturated rings. The summed E-state index contributed by atoms with van der Waals surface area (Å²) in [6.07, 6.45) is 16.9. The molecular weight excluding hydrogens is 184 g/mol. The van der Waals surface area contributed by atoms with Crippen LogP contribution in [0.2, 0.25) is 0 Å². The number of hydrogen-bond donors (Lipinski definition) is 0. The summed E-state index contributed by atoms with van der Waals surface area (Å²) in [5, 5.41) is 0. The average molecular weight is 208 g/mol. The fraction of sp³-hybridized carbons (Fsp3) is 0.714. The van der Waals surface area contributed by atoms with E-state index in [1.54, 1.807) is 0 Å². The molecule has 1 nitrogen and oxygen atoms in total. The van der Waals surface area contributed by atoms with Crippen molar-refractivity contribution in [3.63, 3.8) is 0 Å². The number of hydrogen-bond acceptors (Lipinski definition) is 1. The first kappa shape index (κ1) is 12.5. The molecule has 1 saturated carbocycles. The van der Waals surface area contributed by atoms with E-state index in [1.165, 1.54) is 25.7 Å². The van der Waals surface area contributed by atoms with Gasteiger partial charge in [-0.25, -0.2) is 0 Å². The van der Waals surface area contributed by atoms with Crippen molar-refractivity contribution in [2.75, 3.05) is 0 Å². The zero-order valence-electron chi connectivity index (χ0n) is 10.1. The predicted octanol–water partition coefficient (Wildman–Crippen LogP) is 4.25. The Morgan fingerprint density at radius 3 is 2.07 bits per heavy atom. The van der Waals surface area contributed by atoms with Crippen LogP contribution in [0.15, 0.2) is 24.3 Å². The molecule has 0 spiro atoms. The molecule has 1 heteroatoms. The number of rotatable bonds is 6. The monoisotopic (exact) mass is 208 g/mol. The standard InChI is InChI=1S/C14H24O/c1-3-5-9-13(10-6-4-2)15-14-11-7-8-12-14/h3-6,13-14H,7-12H2,1-2H3. The van der Waals surface area contributed by atoms with E-state index in [2.05, 4.69) is 38.2 Å². The second-order valence-electron chi connectivity index (χ2n) is 4.27. The van der Waals surface area contributed by atoms with Gasteiger partial charge in [0.2, 0.25) is 0 Å². The average Bonchev–Trinajstić information content (AvgIpc) is 2.74. The smallest absolute Gasteiger partial charge is 0.0647 e. The van der Waals surface area contributed by atoms with Crippen molar-refractivity contribution >= 4 is 0 Å². The van der Waals surface area contributed by atoms with Crippen molar-refractivity contribution < 1.29 is 4.74 Å². The first-order valence-electron chi connectivity index (χ1n) is 6.24. The normalized spacial score (nSPS) is 20.7. The molecule has 1 aliphatic carbocycles. The summed E-state index contributed by atoms with van der Waals surface area (Å²) in [5.74, 6) is 0. The summed E-state index contributed by atoms with van der Waals surface area (Å²) < 4.78 is 6.11. The summed E-state index contributed by atoms with van der Waals surface area (Å²) in [7, 11) is 0. The lowest BCUT2D eigenvalue weighted by Crippen LogP contribution is -2.18. The quantitative estimate of drug-likeness (QED) is 0.593. The second-order valence-corrected chi connectivity index (χ2v) is 4.27. The maximum Gasteiger partial charge on any atom is 0.0647 e. The van der Waals surface area contributed by atoms with Gasteiger partial charge in [-0.05, 0) is 39.5 Å². The van der Waals surface area contributed by atoms with Gasteiger partial charge in [-0.15, -0.1) is 0 Å². The van der Waals surface area contributed by atoms with E-state index in [4.69, 9.17) is 4.74 Å². The molecule has 0 N–H and O–H groups in total. The van der Waals surface area contributed by atoms with Crippen molar-refractivity contribution in [3.05, 3.63) is 24.3 Å². The van der Waals surface area contributed by atoms with Crippen LogP contribution in [0.5, 0.6) is 0 Å². The van der Waals surface area contributed by atoms with E-state index in [1.807, 2.05) is 0 Å². The van der Waals surface area contributed by atoms with Crippen LogP contribution in [-0.2, 0) is 4.74 Å². The third kappa shape index (κ3) is 5.17. The first-order chi connectivity index (χ1) is 7.36. The van der Waals surface area contributed by atoms with Crippen LogP contribution in [0.25, 0.3) is 0 Å². The van der Waals surface area contributed by atoms with Crippen LogP contribution >= 0.6 is 0 Å². The Kier molecular flexibility index (Phi) is 6.42. The largest absolute Gasteiger partial charge is 0.374 e. The van der Waals surface area contributed by atoms with Gasteiger partial charge in [-0.3, -0.25) is 0 Å². The molecule has 0 atom stereocenters. The highest BCUT2D eigenvalue weighted by Crippen LogP contribution is 2.24. The first-order valence-corrected chi connectivity index (χ1v) is 6.24. The van der Waals surface area contributed by atoms with Gasteiger partial charge in [0, 0.05) is 0 Å². The minimum absolute atomic E-state index is 0.389. The molecule has 0 aromatic carbocycles. The van der Waals surface area contributed by atoms with Crippen LogP contribution in [0, 0.1) is 0 Å². The summed E-state index contributed by atoms with van der Waals surface area (Å²) in [4.78, 5) is 0. The van der Waals surface area contributed by atoms with Gasteiger partial charge in [-0.2, -0.15) is 0 Å². The van der Waals surface area contributed by atoms with Gasteiger partial charge in [-0.1, -0.05) is 37.1 Å². The Morgan fingerprint density at radius 2 is 1.60 bits per heavy atom. The van der Waals surface area contributed by atoms with E-state index < -0.39 is 0 Å². The van der Waals surface area contributed by atoms with Crippen LogP contribution in [0.3, 0.4) is 0 Å². The minimum Gasteiger partial charge on any atom is -0.374 e. The Bertz CT molecular complexity index is 185. The van der Waals surface area contributed by atoms with Crippen molar-refractivity contribution in [1.82, 2.24) is 0 Å². The van der Waals surface area contributed by atoms with E-state index >= 15 is 0 Å². The van der Waals surface area contributed by atoms with Gasteiger partial charge in [0.05, 0.1) is 12.2 Å². The molecule has 0 unspecified atom stereocenters. The molecular formula is C14H24O. The van der Waals surface area contributed by atoms with Crippen molar-refractivity contribution in [1.29, 1.82) is 0 Å². The van der Waals surface area contributed by atoms with Crippen LogP contribution < -0.4 is 0 Å². The zero-order chi connectivity index (χ0) is 10.9. The minimum atomic E-state index is 0.389. The van der Waals surface area contributed by atoms with Crippen molar-refractivity contribution in [2.24, 2.45) is 0 Å². The fourth-order valence-corrected chi connectivity index (χ4v) is 2.08. The summed E-state index contributed by atoms with van der Waals surface area (Å²) in [5.41, 5.74) is 0. The second kappa shape index (κ2) is 7.70. The summed E-state index contributed by atoms with van der Waals surface area (Å²) in [6, 6.07) is 0. The lowest BCUT2D eigenvalue weighted by Gasteiger charge is -2.19. The predicted molar refractivity (Wildman–Crippen MR) is 66.0 cm³/mol. The number of ether oxygens (including phenoxy) is 1. The van der Waals surface area contributed by atoms with Crippen molar-refractivity contribution in [3.8, 4) is 0 Å². The Hall–Kier alpha value is -0.560. The third-order valence-corrected chi connectivity index (χ3v) is 2.96. The van der Waals surface area contributed by atoms with E-state index in [0.717, 1.165) is 12.8 Å². The molecule has 1 rings (SSSR count). The maximum atomic E-state index is 6.11. The van der Waals surface area contributed by atoms with Crippen LogP contribution in [0.4, 0.5) is 0 Å². The van der Waals surface area contributed by atoms with Crippen LogP contribution in [0.1, 0.15) is 52.4 Å². The van der Waals surface area contributed by atoms with Gasteiger partial charge in [0.1, 0.15) is 0 Å². The van der Waals surface area contributed by atoms with Gasteiger partial charge in [0.15, 0.2) is 0 Å². The molecule has 0 radical (unpaired) electrons. The summed E-state index contributed by atoms with van der Waals surface area (Å²) in [6.45, 7) is 4.14. The highest BCUT2D eigenvalue weighted by atomic mass is 16.5. The van der Waals surface area contributed by atoms with Gasteiger partial charge >= 0.3 is 0 Å². The van der Waals surface area contributed by atoms with Gasteiger partial charge in [0.25, 0.3) is 0 Å². The van der Waals surface area contributed by atoms with E-state index in [9.17, 15) is 0 Å². The molecule has 0 amide bonds. The van der Waals surface area contributed by atoms with Crippen LogP contribution in [-0.4, -0.2) is 12.2 Å². The van der Waals surface area contributed by atoms with E-state index in [0.29, 0.717) is 12.2 Å². The maximum absolute atomic E-state index is 6.11. The van der Waals surface area contributed by atoms with E-state index in [-0.39, 0.29) is 0 Å². The zero-order valence-corrected chi connectivity index (χ0v) is 10.1. The molecule has 0 heterocycles. The highest BCUT2D eigenvalue weighted by molar-refractivity contribution is 4.87. The molecule has 86 valence electrons. The molecule has 0 aromatic heterocycles. The highest BCUT2D eigenvalue weighted by Gasteiger charge is 2.18. The lowest BCUT2D eigenvalue weighted by molar-refractivity contribution is -0.00434. The third-order valence-electron chi connectivity index (χ3n) is 2.96. The fourth-order valence-electron chi connectivity index (χ4n) is 2.08. The molecule has 15 heavy (non-hydrogen) atoms. The topological polar surface area (TPSA) is 9.23 Å². The van der Waals surface area contributed by atoms with Crippen molar-refractivity contribution in [2.45, 2.75) is 64.6 Å². The molecule has 0 bridgehead atoms. The lowest BCUT2D eigenvalue weighted by atomic mass is 10.1. The summed E-state index contributed by atoms with van der Waals surface area (Å²) >= 11 is 0. The Labute approximate surface area is 94.2 Å². The molecule has 0 aliphatic heterocycles.